The molecule has 0 saturated carbocycles. The maximum absolute atomic E-state index is 12.5. The normalized spacial score (nSPS) is 12.9. The average Bonchev–Trinajstić information content (AvgIpc) is 2.29. The first-order valence-electron chi connectivity index (χ1n) is 5.10. The van der Waals surface area contributed by atoms with Gasteiger partial charge in [0.05, 0.1) is 27.2 Å². The molecule has 1 rings (SSSR count). The van der Waals surface area contributed by atoms with Crippen LogP contribution in [0.4, 0.5) is 18.9 Å². The predicted octanol–water partition coefficient (Wildman–Crippen LogP) is 3.22. The Bertz CT molecular complexity index is 519. The number of rotatable bonds is 3. The van der Waals surface area contributed by atoms with E-state index < -0.39 is 23.6 Å². The van der Waals surface area contributed by atoms with E-state index in [4.69, 9.17) is 17.3 Å². The van der Waals surface area contributed by atoms with Gasteiger partial charge in [0.2, 0.25) is 5.91 Å². The first kappa shape index (κ1) is 15.7. The number of benzene rings is 1. The van der Waals surface area contributed by atoms with Crippen LogP contribution in [-0.4, -0.2) is 10.9 Å². The number of halogens is 4. The van der Waals surface area contributed by atoms with Crippen LogP contribution in [0.1, 0.15) is 12.5 Å². The maximum Gasteiger partial charge on any atom is 0.416 e. The number of hydrogen-bond donors (Lipinski definition) is 2. The number of nitrogens with two attached hydrogens (primary N) is 1. The highest BCUT2D eigenvalue weighted by atomic mass is 35.5. The van der Waals surface area contributed by atoms with Crippen molar-refractivity contribution in [2.24, 2.45) is 11.7 Å². The molecule has 0 aliphatic carbocycles. The first-order chi connectivity index (χ1) is 8.62. The van der Waals surface area contributed by atoms with Crippen LogP contribution in [0, 0.1) is 5.92 Å². The van der Waals surface area contributed by atoms with Gasteiger partial charge in [0.15, 0.2) is 0 Å². The van der Waals surface area contributed by atoms with E-state index in [1.807, 2.05) is 0 Å². The molecule has 0 saturated heterocycles. The molecule has 1 aromatic rings. The summed E-state index contributed by atoms with van der Waals surface area (Å²) in [7, 11) is 0. The summed E-state index contributed by atoms with van der Waals surface area (Å²) in [6, 6.07) is 2.65. The van der Waals surface area contributed by atoms with Crippen molar-refractivity contribution in [1.82, 2.24) is 0 Å². The Morgan fingerprint density at radius 2 is 2.05 bits per heavy atom. The largest absolute Gasteiger partial charge is 0.416 e. The summed E-state index contributed by atoms with van der Waals surface area (Å²) in [5.74, 6) is -1.42. The molecular weight excluding hydrogens is 301 g/mol. The monoisotopic (exact) mass is 310 g/mol. The van der Waals surface area contributed by atoms with E-state index >= 15 is 0 Å². The van der Waals surface area contributed by atoms with Gasteiger partial charge in [0.1, 0.15) is 0 Å². The topological polar surface area (TPSA) is 55.1 Å². The molecule has 3 N–H and O–H groups in total. The van der Waals surface area contributed by atoms with Gasteiger partial charge in [-0.25, -0.2) is 0 Å². The summed E-state index contributed by atoms with van der Waals surface area (Å²) >= 11 is 10.4. The van der Waals surface area contributed by atoms with E-state index in [0.717, 1.165) is 18.2 Å². The van der Waals surface area contributed by atoms with E-state index in [9.17, 15) is 18.0 Å². The third-order valence-electron chi connectivity index (χ3n) is 2.37. The lowest BCUT2D eigenvalue weighted by Crippen LogP contribution is -2.31. The summed E-state index contributed by atoms with van der Waals surface area (Å²) in [6.45, 7) is 1.44. The lowest BCUT2D eigenvalue weighted by Gasteiger charge is -2.14. The number of nitrogens with one attached hydrogen (secondary N) is 1. The van der Waals surface area contributed by atoms with Crippen LogP contribution in [0.25, 0.3) is 0 Å². The molecule has 8 heteroatoms. The molecule has 0 aromatic heterocycles. The predicted molar refractivity (Wildman–Crippen MR) is 71.0 cm³/mol. The Balaban J connectivity index is 3.01. The van der Waals surface area contributed by atoms with Crippen molar-refractivity contribution in [3.63, 3.8) is 0 Å². The van der Waals surface area contributed by atoms with Crippen LogP contribution in [0.5, 0.6) is 0 Å². The lowest BCUT2D eigenvalue weighted by molar-refractivity contribution is -0.137. The minimum Gasteiger partial charge on any atom is -0.393 e. The number of carbonyl (C=O) groups excluding carboxylic acids is 1. The van der Waals surface area contributed by atoms with Crippen molar-refractivity contribution in [2.75, 3.05) is 5.32 Å². The smallest absolute Gasteiger partial charge is 0.393 e. The van der Waals surface area contributed by atoms with Gasteiger partial charge in [-0.2, -0.15) is 13.2 Å². The van der Waals surface area contributed by atoms with E-state index in [-0.39, 0.29) is 15.7 Å². The fourth-order valence-corrected chi connectivity index (χ4v) is 1.44. The van der Waals surface area contributed by atoms with Gasteiger partial charge in [-0.15, -0.1) is 0 Å². The summed E-state index contributed by atoms with van der Waals surface area (Å²) in [5.41, 5.74) is 4.24. The van der Waals surface area contributed by atoms with Gasteiger partial charge in [0.25, 0.3) is 0 Å². The van der Waals surface area contributed by atoms with Crippen LogP contribution in [-0.2, 0) is 11.0 Å². The summed E-state index contributed by atoms with van der Waals surface area (Å²) in [5, 5.41) is 2.26. The minimum atomic E-state index is -4.52. The highest BCUT2D eigenvalue weighted by molar-refractivity contribution is 7.80. The Kier molecular flexibility index (Phi) is 4.75. The fraction of sp³-hybridized carbons (Fsp3) is 0.273. The second kappa shape index (κ2) is 5.75. The average molecular weight is 311 g/mol. The highest BCUT2D eigenvalue weighted by Crippen LogP contribution is 2.33. The number of amides is 1. The second-order valence-electron chi connectivity index (χ2n) is 3.81. The first-order valence-corrected chi connectivity index (χ1v) is 5.88. The number of alkyl halides is 3. The number of thiocarbonyl (C=S) groups is 1. The van der Waals surface area contributed by atoms with Crippen molar-refractivity contribution in [3.8, 4) is 0 Å². The molecule has 1 unspecified atom stereocenters. The molecule has 0 radical (unpaired) electrons. The van der Waals surface area contributed by atoms with E-state index in [0.29, 0.717) is 0 Å². The maximum atomic E-state index is 12.5. The van der Waals surface area contributed by atoms with Gasteiger partial charge in [-0.1, -0.05) is 23.8 Å². The van der Waals surface area contributed by atoms with Crippen molar-refractivity contribution in [1.29, 1.82) is 0 Å². The van der Waals surface area contributed by atoms with Crippen LogP contribution in [0.2, 0.25) is 5.02 Å². The third kappa shape index (κ3) is 4.07. The Labute approximate surface area is 117 Å². The van der Waals surface area contributed by atoms with Crippen molar-refractivity contribution < 1.29 is 18.0 Å². The van der Waals surface area contributed by atoms with Crippen molar-refractivity contribution in [3.05, 3.63) is 28.8 Å². The number of carbonyl (C=O) groups is 1. The van der Waals surface area contributed by atoms with Crippen molar-refractivity contribution in [2.45, 2.75) is 13.1 Å². The molecule has 0 spiro atoms. The van der Waals surface area contributed by atoms with Gasteiger partial charge in [0, 0.05) is 0 Å². The zero-order valence-electron chi connectivity index (χ0n) is 9.72. The number of anilines is 1. The summed E-state index contributed by atoms with van der Waals surface area (Å²) < 4.78 is 37.6. The SMILES string of the molecule is CC(C(=O)Nc1cc(C(F)(F)F)ccc1Cl)C(N)=S. The minimum absolute atomic E-state index is 0.00325. The molecule has 104 valence electrons. The molecule has 19 heavy (non-hydrogen) atoms. The third-order valence-corrected chi connectivity index (χ3v) is 3.05. The Hall–Kier alpha value is -1.34. The number of hydrogen-bond acceptors (Lipinski definition) is 2. The lowest BCUT2D eigenvalue weighted by atomic mass is 10.1. The molecule has 0 bridgehead atoms. The van der Waals surface area contributed by atoms with Gasteiger partial charge < -0.3 is 11.1 Å². The molecule has 1 atom stereocenters. The molecule has 0 aliphatic heterocycles. The summed E-state index contributed by atoms with van der Waals surface area (Å²) in [6.07, 6.45) is -4.52. The van der Waals surface area contributed by atoms with E-state index in [1.54, 1.807) is 0 Å². The molecule has 1 aromatic carbocycles. The Morgan fingerprint density at radius 1 is 1.47 bits per heavy atom. The quantitative estimate of drug-likeness (QED) is 0.843. The second-order valence-corrected chi connectivity index (χ2v) is 4.68. The van der Waals surface area contributed by atoms with E-state index in [2.05, 4.69) is 17.5 Å². The molecule has 0 aliphatic rings. The van der Waals surface area contributed by atoms with Crippen LogP contribution >= 0.6 is 23.8 Å². The zero-order valence-corrected chi connectivity index (χ0v) is 11.3. The molecule has 3 nitrogen and oxygen atoms in total. The fourth-order valence-electron chi connectivity index (χ4n) is 1.17. The van der Waals surface area contributed by atoms with Crippen LogP contribution < -0.4 is 11.1 Å². The van der Waals surface area contributed by atoms with Gasteiger partial charge in [-0.05, 0) is 25.1 Å². The van der Waals surface area contributed by atoms with Gasteiger partial charge in [-0.3, -0.25) is 4.79 Å². The standard InChI is InChI=1S/C11H10ClF3N2OS/c1-5(9(16)19)10(18)17-8-4-6(11(13,14)15)2-3-7(8)12/h2-5H,1H3,(H2,16,19)(H,17,18). The molecule has 0 fully saturated rings. The molecular formula is C11H10ClF3N2OS. The molecule has 0 heterocycles. The van der Waals surface area contributed by atoms with Crippen LogP contribution in [0.15, 0.2) is 18.2 Å². The van der Waals surface area contributed by atoms with Crippen molar-refractivity contribution >= 4 is 40.4 Å². The summed E-state index contributed by atoms with van der Waals surface area (Å²) in [4.78, 5) is 11.6. The van der Waals surface area contributed by atoms with E-state index in [1.165, 1.54) is 6.92 Å². The highest BCUT2D eigenvalue weighted by Gasteiger charge is 2.31. The zero-order chi connectivity index (χ0) is 14.8. The Morgan fingerprint density at radius 3 is 2.53 bits per heavy atom. The van der Waals surface area contributed by atoms with Crippen LogP contribution in [0.3, 0.4) is 0 Å². The van der Waals surface area contributed by atoms with Gasteiger partial charge >= 0.3 is 6.18 Å². The molecule has 1 amide bonds.